The maximum absolute atomic E-state index is 5.84. The first-order valence-corrected chi connectivity index (χ1v) is 7.12. The summed E-state index contributed by atoms with van der Waals surface area (Å²) in [5.41, 5.74) is 0. The summed E-state index contributed by atoms with van der Waals surface area (Å²) in [6.07, 6.45) is 8.07. The van der Waals surface area contributed by atoms with Gasteiger partial charge in [0.15, 0.2) is 0 Å². The summed E-state index contributed by atoms with van der Waals surface area (Å²) in [6.45, 7) is 8.99. The van der Waals surface area contributed by atoms with Crippen molar-refractivity contribution in [2.45, 2.75) is 71.4 Å². The largest absolute Gasteiger partial charge is 0.378 e. The first-order valence-electron chi connectivity index (χ1n) is 7.12. The van der Waals surface area contributed by atoms with Gasteiger partial charge in [-0.05, 0) is 44.6 Å². The molecule has 2 nitrogen and oxygen atoms in total. The van der Waals surface area contributed by atoms with Gasteiger partial charge in [0.1, 0.15) is 0 Å². The third kappa shape index (κ3) is 4.84. The van der Waals surface area contributed by atoms with E-state index in [1.807, 2.05) is 0 Å². The number of nitrogens with one attached hydrogen (secondary N) is 1. The van der Waals surface area contributed by atoms with Crippen LogP contribution in [0.25, 0.3) is 0 Å². The van der Waals surface area contributed by atoms with Crippen molar-refractivity contribution in [3.8, 4) is 0 Å². The summed E-state index contributed by atoms with van der Waals surface area (Å²) < 4.78 is 5.84. The highest BCUT2D eigenvalue weighted by Crippen LogP contribution is 2.21. The highest BCUT2D eigenvalue weighted by Gasteiger charge is 2.22. The van der Waals surface area contributed by atoms with E-state index in [9.17, 15) is 0 Å². The first kappa shape index (κ1) is 14.0. The van der Waals surface area contributed by atoms with E-state index in [-0.39, 0.29) is 0 Å². The van der Waals surface area contributed by atoms with Gasteiger partial charge in [-0.15, -0.1) is 0 Å². The van der Waals surface area contributed by atoms with E-state index in [0.29, 0.717) is 12.1 Å². The summed E-state index contributed by atoms with van der Waals surface area (Å²) in [5.74, 6) is 0.761. The second-order valence-electron chi connectivity index (χ2n) is 5.17. The molecule has 3 atom stereocenters. The lowest BCUT2D eigenvalue weighted by molar-refractivity contribution is 0.00155. The van der Waals surface area contributed by atoms with Gasteiger partial charge in [-0.2, -0.15) is 0 Å². The summed E-state index contributed by atoms with van der Waals surface area (Å²) in [4.78, 5) is 0. The normalized spacial score (nSPS) is 25.3. The molecule has 1 saturated heterocycles. The Morgan fingerprint density at radius 1 is 1.31 bits per heavy atom. The minimum Gasteiger partial charge on any atom is -0.378 e. The van der Waals surface area contributed by atoms with Gasteiger partial charge in [-0.1, -0.05) is 27.2 Å². The van der Waals surface area contributed by atoms with Crippen LogP contribution in [0, 0.1) is 5.92 Å². The van der Waals surface area contributed by atoms with Crippen LogP contribution in [0.3, 0.4) is 0 Å². The third-order valence-electron chi connectivity index (χ3n) is 3.78. The molecule has 96 valence electrons. The minimum atomic E-state index is 0.511. The van der Waals surface area contributed by atoms with Gasteiger partial charge < -0.3 is 10.1 Å². The fraction of sp³-hybridized carbons (Fsp3) is 1.00. The molecular weight excluding hydrogens is 198 g/mol. The number of ether oxygens (including phenoxy) is 1. The van der Waals surface area contributed by atoms with E-state index in [1.165, 1.54) is 38.5 Å². The molecule has 2 heteroatoms. The van der Waals surface area contributed by atoms with Crippen molar-refractivity contribution in [1.82, 2.24) is 5.32 Å². The van der Waals surface area contributed by atoms with E-state index in [2.05, 4.69) is 26.1 Å². The predicted octanol–water partition coefficient (Wildman–Crippen LogP) is 3.36. The van der Waals surface area contributed by atoms with E-state index in [4.69, 9.17) is 4.74 Å². The maximum Gasteiger partial charge on any atom is 0.0590 e. The van der Waals surface area contributed by atoms with Crippen molar-refractivity contribution in [3.05, 3.63) is 0 Å². The van der Waals surface area contributed by atoms with E-state index in [0.717, 1.165) is 19.1 Å². The lowest BCUT2D eigenvalue weighted by atomic mass is 9.91. The van der Waals surface area contributed by atoms with Crippen LogP contribution in [0.15, 0.2) is 0 Å². The average Bonchev–Trinajstić information content (AvgIpc) is 2.34. The van der Waals surface area contributed by atoms with Crippen LogP contribution in [0.4, 0.5) is 0 Å². The molecule has 0 spiro atoms. The van der Waals surface area contributed by atoms with Gasteiger partial charge in [0.25, 0.3) is 0 Å². The van der Waals surface area contributed by atoms with Gasteiger partial charge in [-0.25, -0.2) is 0 Å². The highest BCUT2D eigenvalue weighted by atomic mass is 16.5. The number of hydrogen-bond acceptors (Lipinski definition) is 2. The Balaban J connectivity index is 2.34. The lowest BCUT2D eigenvalue weighted by Crippen LogP contribution is -2.39. The van der Waals surface area contributed by atoms with Gasteiger partial charge in [0.05, 0.1) is 6.10 Å². The smallest absolute Gasteiger partial charge is 0.0590 e. The fourth-order valence-corrected chi connectivity index (χ4v) is 2.41. The molecule has 1 aliphatic rings. The first-order chi connectivity index (χ1) is 7.77. The van der Waals surface area contributed by atoms with Gasteiger partial charge in [0, 0.05) is 12.6 Å². The molecule has 0 aromatic heterocycles. The molecule has 1 aliphatic heterocycles. The monoisotopic (exact) mass is 227 g/mol. The predicted molar refractivity (Wildman–Crippen MR) is 69.7 cm³/mol. The van der Waals surface area contributed by atoms with E-state index >= 15 is 0 Å². The molecule has 16 heavy (non-hydrogen) atoms. The summed E-state index contributed by atoms with van der Waals surface area (Å²) in [6, 6.07) is 0.646. The lowest BCUT2D eigenvalue weighted by Gasteiger charge is -2.30. The molecule has 0 bridgehead atoms. The molecule has 0 radical (unpaired) electrons. The molecule has 0 amide bonds. The Hall–Kier alpha value is -0.0800. The van der Waals surface area contributed by atoms with Crippen LogP contribution in [-0.2, 0) is 4.74 Å². The van der Waals surface area contributed by atoms with Crippen molar-refractivity contribution < 1.29 is 4.74 Å². The van der Waals surface area contributed by atoms with Crippen LogP contribution in [-0.4, -0.2) is 25.3 Å². The zero-order chi connectivity index (χ0) is 11.8. The van der Waals surface area contributed by atoms with Gasteiger partial charge in [0.2, 0.25) is 0 Å². The summed E-state index contributed by atoms with van der Waals surface area (Å²) in [7, 11) is 0. The van der Waals surface area contributed by atoms with E-state index < -0.39 is 0 Å². The molecule has 0 saturated carbocycles. The zero-order valence-electron chi connectivity index (χ0n) is 11.3. The van der Waals surface area contributed by atoms with Crippen LogP contribution in [0.5, 0.6) is 0 Å². The van der Waals surface area contributed by atoms with Crippen molar-refractivity contribution in [2.24, 2.45) is 5.92 Å². The highest BCUT2D eigenvalue weighted by molar-refractivity contribution is 4.78. The molecule has 0 aromatic rings. The molecule has 1 N–H and O–H groups in total. The molecule has 1 heterocycles. The molecule has 0 aliphatic carbocycles. The van der Waals surface area contributed by atoms with Crippen molar-refractivity contribution in [3.63, 3.8) is 0 Å². The molecule has 1 rings (SSSR count). The molecule has 3 unspecified atom stereocenters. The minimum absolute atomic E-state index is 0.511. The van der Waals surface area contributed by atoms with Crippen LogP contribution >= 0.6 is 0 Å². The van der Waals surface area contributed by atoms with Crippen LogP contribution < -0.4 is 5.32 Å². The standard InChI is InChI=1S/C14H29NO/c1-4-9-15-14(12(3)5-2)11-13-8-6-7-10-16-13/h12-15H,4-11H2,1-3H3. The summed E-state index contributed by atoms with van der Waals surface area (Å²) in [5, 5.41) is 3.69. The van der Waals surface area contributed by atoms with Gasteiger partial charge in [-0.3, -0.25) is 0 Å². The maximum atomic E-state index is 5.84. The quantitative estimate of drug-likeness (QED) is 0.720. The molecule has 0 aromatic carbocycles. The fourth-order valence-electron chi connectivity index (χ4n) is 2.41. The van der Waals surface area contributed by atoms with Crippen molar-refractivity contribution in [1.29, 1.82) is 0 Å². The Labute approximate surface area is 101 Å². The van der Waals surface area contributed by atoms with Gasteiger partial charge >= 0.3 is 0 Å². The van der Waals surface area contributed by atoms with E-state index in [1.54, 1.807) is 0 Å². The molecule has 1 fully saturated rings. The summed E-state index contributed by atoms with van der Waals surface area (Å²) >= 11 is 0. The van der Waals surface area contributed by atoms with Crippen LogP contribution in [0.1, 0.15) is 59.3 Å². The number of rotatable bonds is 7. The second kappa shape index (κ2) is 8.08. The Kier molecular flexibility index (Phi) is 7.06. The van der Waals surface area contributed by atoms with Crippen LogP contribution in [0.2, 0.25) is 0 Å². The average molecular weight is 227 g/mol. The number of hydrogen-bond donors (Lipinski definition) is 1. The van der Waals surface area contributed by atoms with Crippen molar-refractivity contribution in [2.75, 3.05) is 13.2 Å². The zero-order valence-corrected chi connectivity index (χ0v) is 11.3. The Bertz CT molecular complexity index is 166. The third-order valence-corrected chi connectivity index (χ3v) is 3.78. The second-order valence-corrected chi connectivity index (χ2v) is 5.17. The SMILES string of the molecule is CCCNC(CC1CCCCO1)C(C)CC. The Morgan fingerprint density at radius 2 is 2.12 bits per heavy atom. The molecular formula is C14H29NO. The van der Waals surface area contributed by atoms with Crippen molar-refractivity contribution >= 4 is 0 Å². The topological polar surface area (TPSA) is 21.3 Å². The Morgan fingerprint density at radius 3 is 2.69 bits per heavy atom.